The number of hydrogen-bond acceptors (Lipinski definition) is 5. The second-order valence-corrected chi connectivity index (χ2v) is 4.53. The largest absolute Gasteiger partial charge is 0.351 e. The summed E-state index contributed by atoms with van der Waals surface area (Å²) in [4.78, 5) is 29.7. The number of nitrogens with one attached hydrogen (secondary N) is 1. The fourth-order valence-electron chi connectivity index (χ4n) is 1.72. The van der Waals surface area contributed by atoms with Crippen LogP contribution < -0.4 is 5.32 Å². The number of amides is 1. The van der Waals surface area contributed by atoms with E-state index in [1.54, 1.807) is 12.4 Å². The highest BCUT2D eigenvalue weighted by atomic mass is 35.5. The van der Waals surface area contributed by atoms with Crippen LogP contribution in [0.3, 0.4) is 0 Å². The number of aromatic nitrogens is 2. The predicted molar refractivity (Wildman–Crippen MR) is 76.2 cm³/mol. The number of nitro groups is 1. The molecule has 2 aromatic heterocycles. The summed E-state index contributed by atoms with van der Waals surface area (Å²) < 4.78 is 0. The molecule has 1 amide bonds. The van der Waals surface area contributed by atoms with Gasteiger partial charge in [0.1, 0.15) is 16.9 Å². The van der Waals surface area contributed by atoms with Crippen molar-refractivity contribution in [2.75, 3.05) is 6.54 Å². The van der Waals surface area contributed by atoms with Crippen molar-refractivity contribution in [3.05, 3.63) is 63.2 Å². The van der Waals surface area contributed by atoms with Crippen molar-refractivity contribution in [2.45, 2.75) is 6.42 Å². The van der Waals surface area contributed by atoms with Crippen molar-refractivity contribution in [1.82, 2.24) is 15.3 Å². The average molecular weight is 307 g/mol. The Hall–Kier alpha value is -2.54. The molecule has 0 fully saturated rings. The molecule has 1 N–H and O–H groups in total. The topological polar surface area (TPSA) is 98.0 Å². The lowest BCUT2D eigenvalue weighted by Crippen LogP contribution is -2.26. The molecule has 2 heterocycles. The van der Waals surface area contributed by atoms with E-state index in [0.717, 1.165) is 11.8 Å². The number of hydrogen-bond donors (Lipinski definition) is 1. The number of nitrogens with zero attached hydrogens (tertiary/aromatic N) is 3. The highest BCUT2D eigenvalue weighted by molar-refractivity contribution is 6.29. The van der Waals surface area contributed by atoms with Crippen LogP contribution in [0, 0.1) is 10.1 Å². The fraction of sp³-hybridized carbons (Fsp3) is 0.154. The summed E-state index contributed by atoms with van der Waals surface area (Å²) in [5.74, 6) is -0.556. The molecule has 0 unspecified atom stereocenters. The number of pyridine rings is 2. The standard InChI is InChI=1S/C13H11ClN4O3/c14-12-7-10(11(8-17-12)18(20)21)13(19)16-6-3-9-1-4-15-5-2-9/h1-2,4-5,7-8H,3,6H2,(H,16,19). The molecule has 108 valence electrons. The summed E-state index contributed by atoms with van der Waals surface area (Å²) in [6, 6.07) is 4.84. The van der Waals surface area contributed by atoms with Crippen LogP contribution in [0.5, 0.6) is 0 Å². The summed E-state index contributed by atoms with van der Waals surface area (Å²) in [6.07, 6.45) is 4.89. The lowest BCUT2D eigenvalue weighted by molar-refractivity contribution is -0.385. The Morgan fingerprint density at radius 2 is 2.10 bits per heavy atom. The van der Waals surface area contributed by atoms with Gasteiger partial charge in [-0.25, -0.2) is 4.98 Å². The van der Waals surface area contributed by atoms with Crippen LogP contribution in [0.25, 0.3) is 0 Å². The molecule has 0 atom stereocenters. The molecule has 0 aliphatic carbocycles. The molecule has 21 heavy (non-hydrogen) atoms. The van der Waals surface area contributed by atoms with E-state index < -0.39 is 10.8 Å². The first kappa shape index (κ1) is 14.9. The molecular formula is C13H11ClN4O3. The molecule has 0 radical (unpaired) electrons. The first-order valence-corrected chi connectivity index (χ1v) is 6.43. The Balaban J connectivity index is 2.03. The van der Waals surface area contributed by atoms with Crippen LogP contribution in [-0.2, 0) is 6.42 Å². The monoisotopic (exact) mass is 306 g/mol. The van der Waals surface area contributed by atoms with E-state index in [1.807, 2.05) is 12.1 Å². The van der Waals surface area contributed by atoms with Crippen LogP contribution in [-0.4, -0.2) is 27.3 Å². The Morgan fingerprint density at radius 3 is 2.76 bits per heavy atom. The van der Waals surface area contributed by atoms with Crippen molar-refractivity contribution in [3.8, 4) is 0 Å². The van der Waals surface area contributed by atoms with Crippen molar-refractivity contribution in [3.63, 3.8) is 0 Å². The highest BCUT2D eigenvalue weighted by Gasteiger charge is 2.21. The van der Waals surface area contributed by atoms with Crippen molar-refractivity contribution < 1.29 is 9.72 Å². The first-order valence-electron chi connectivity index (χ1n) is 6.05. The molecule has 2 aromatic rings. The normalized spacial score (nSPS) is 10.1. The third-order valence-electron chi connectivity index (χ3n) is 2.74. The van der Waals surface area contributed by atoms with Crippen LogP contribution in [0.2, 0.25) is 5.15 Å². The van der Waals surface area contributed by atoms with E-state index >= 15 is 0 Å². The summed E-state index contributed by atoms with van der Waals surface area (Å²) in [5.41, 5.74) is 0.531. The third kappa shape index (κ3) is 3.96. The molecule has 0 aliphatic heterocycles. The molecule has 0 saturated heterocycles. The van der Waals surface area contributed by atoms with E-state index in [-0.39, 0.29) is 16.4 Å². The van der Waals surface area contributed by atoms with Gasteiger partial charge >= 0.3 is 0 Å². The SMILES string of the molecule is O=C(NCCc1ccncc1)c1cc(Cl)ncc1[N+](=O)[O-]. The maximum absolute atomic E-state index is 12.0. The molecule has 0 bridgehead atoms. The summed E-state index contributed by atoms with van der Waals surface area (Å²) in [7, 11) is 0. The molecule has 8 heteroatoms. The second kappa shape index (κ2) is 6.76. The number of carbonyl (C=O) groups excluding carboxylic acids is 1. The van der Waals surface area contributed by atoms with E-state index in [4.69, 9.17) is 11.6 Å². The minimum Gasteiger partial charge on any atom is -0.351 e. The molecule has 2 rings (SSSR count). The van der Waals surface area contributed by atoms with Gasteiger partial charge in [-0.1, -0.05) is 11.6 Å². The minimum absolute atomic E-state index is 0.0277. The minimum atomic E-state index is -0.666. The van der Waals surface area contributed by atoms with Crippen LogP contribution in [0.15, 0.2) is 36.8 Å². The van der Waals surface area contributed by atoms with Crippen molar-refractivity contribution in [2.24, 2.45) is 0 Å². The summed E-state index contributed by atoms with van der Waals surface area (Å²) in [6.45, 7) is 0.347. The maximum atomic E-state index is 12.0. The van der Waals surface area contributed by atoms with E-state index in [9.17, 15) is 14.9 Å². The van der Waals surface area contributed by atoms with Crippen molar-refractivity contribution >= 4 is 23.2 Å². The van der Waals surface area contributed by atoms with E-state index in [2.05, 4.69) is 15.3 Å². The fourth-order valence-corrected chi connectivity index (χ4v) is 1.87. The molecular weight excluding hydrogens is 296 g/mol. The maximum Gasteiger partial charge on any atom is 0.300 e. The number of carbonyl (C=O) groups is 1. The molecule has 7 nitrogen and oxygen atoms in total. The number of halogens is 1. The zero-order chi connectivity index (χ0) is 15.2. The summed E-state index contributed by atoms with van der Waals surface area (Å²) in [5, 5.41) is 13.5. The molecule has 0 spiro atoms. The van der Waals surface area contributed by atoms with Gasteiger partial charge in [0.25, 0.3) is 11.6 Å². The average Bonchev–Trinajstić information content (AvgIpc) is 2.47. The molecule has 0 aliphatic rings. The second-order valence-electron chi connectivity index (χ2n) is 4.14. The molecule has 0 saturated carbocycles. The zero-order valence-corrected chi connectivity index (χ0v) is 11.6. The highest BCUT2D eigenvalue weighted by Crippen LogP contribution is 2.20. The Morgan fingerprint density at radius 1 is 1.38 bits per heavy atom. The van der Waals surface area contributed by atoms with Gasteiger partial charge in [0.05, 0.1) is 4.92 Å². The quantitative estimate of drug-likeness (QED) is 0.517. The van der Waals surface area contributed by atoms with Crippen LogP contribution >= 0.6 is 11.6 Å². The van der Waals surface area contributed by atoms with Crippen LogP contribution in [0.4, 0.5) is 5.69 Å². The van der Waals surface area contributed by atoms with Gasteiger partial charge < -0.3 is 5.32 Å². The number of rotatable bonds is 5. The van der Waals surface area contributed by atoms with E-state index in [0.29, 0.717) is 13.0 Å². The van der Waals surface area contributed by atoms with Crippen LogP contribution in [0.1, 0.15) is 15.9 Å². The summed E-state index contributed by atoms with van der Waals surface area (Å²) >= 11 is 5.67. The van der Waals surface area contributed by atoms with Gasteiger partial charge in [-0.3, -0.25) is 19.9 Å². The zero-order valence-electron chi connectivity index (χ0n) is 10.8. The van der Waals surface area contributed by atoms with Gasteiger partial charge in [0, 0.05) is 18.9 Å². The van der Waals surface area contributed by atoms with Gasteiger partial charge in [0.2, 0.25) is 0 Å². The Labute approximate surface area is 125 Å². The van der Waals surface area contributed by atoms with E-state index in [1.165, 1.54) is 6.07 Å². The smallest absolute Gasteiger partial charge is 0.300 e. The lowest BCUT2D eigenvalue weighted by Gasteiger charge is -2.06. The third-order valence-corrected chi connectivity index (χ3v) is 2.95. The van der Waals surface area contributed by atoms with Crippen molar-refractivity contribution in [1.29, 1.82) is 0 Å². The predicted octanol–water partition coefficient (Wildman–Crippen LogP) is 2.01. The Bertz CT molecular complexity index is 664. The van der Waals surface area contributed by atoms with Gasteiger partial charge in [-0.05, 0) is 30.2 Å². The van der Waals surface area contributed by atoms with Gasteiger partial charge in [0.15, 0.2) is 0 Å². The first-order chi connectivity index (χ1) is 10.1. The Kier molecular flexibility index (Phi) is 4.78. The molecule has 0 aromatic carbocycles. The van der Waals surface area contributed by atoms with Gasteiger partial charge in [-0.2, -0.15) is 0 Å². The van der Waals surface area contributed by atoms with Gasteiger partial charge in [-0.15, -0.1) is 0 Å². The lowest BCUT2D eigenvalue weighted by atomic mass is 10.2.